The summed E-state index contributed by atoms with van der Waals surface area (Å²) in [5, 5.41) is 16.1. The van der Waals surface area contributed by atoms with E-state index in [0.29, 0.717) is 5.13 Å². The second kappa shape index (κ2) is 5.81. The molecule has 0 radical (unpaired) electrons. The molecule has 1 unspecified atom stereocenters. The van der Waals surface area contributed by atoms with Gasteiger partial charge < -0.3 is 5.11 Å². The fourth-order valence-corrected chi connectivity index (χ4v) is 3.11. The van der Waals surface area contributed by atoms with Crippen LogP contribution in [0.25, 0.3) is 10.2 Å². The molecule has 3 aromatic rings. The third-order valence-electron chi connectivity index (χ3n) is 3.39. The average molecular weight is 330 g/mol. The molecule has 0 saturated carbocycles. The van der Waals surface area contributed by atoms with Crippen molar-refractivity contribution in [3.63, 3.8) is 0 Å². The van der Waals surface area contributed by atoms with E-state index in [4.69, 9.17) is 5.11 Å². The maximum absolute atomic E-state index is 12.4. The lowest BCUT2D eigenvalue weighted by atomic mass is 10.2. The normalized spacial score (nSPS) is 12.3. The molecule has 0 aliphatic carbocycles. The Kier molecular flexibility index (Phi) is 3.83. The van der Waals surface area contributed by atoms with Crippen LogP contribution >= 0.6 is 11.3 Å². The number of aliphatic carboxylic acids is 1. The third-order valence-corrected chi connectivity index (χ3v) is 4.33. The second-order valence-electron chi connectivity index (χ2n) is 5.12. The molecule has 2 heterocycles. The summed E-state index contributed by atoms with van der Waals surface area (Å²) in [4.78, 5) is 27.8. The number of nitrogens with zero attached hydrogens (tertiary/aromatic N) is 3. The number of anilines is 1. The van der Waals surface area contributed by atoms with E-state index in [9.17, 15) is 9.59 Å². The van der Waals surface area contributed by atoms with E-state index >= 15 is 0 Å². The summed E-state index contributed by atoms with van der Waals surface area (Å²) in [6.45, 7) is 3.45. The Bertz CT molecular complexity index is 899. The Morgan fingerprint density at radius 2 is 2.13 bits per heavy atom. The number of benzene rings is 1. The number of thiazole rings is 1. The summed E-state index contributed by atoms with van der Waals surface area (Å²) in [5.74, 6) is -1.50. The van der Waals surface area contributed by atoms with Gasteiger partial charge in [-0.2, -0.15) is 5.10 Å². The molecule has 1 amide bonds. The van der Waals surface area contributed by atoms with Crippen molar-refractivity contribution < 1.29 is 14.7 Å². The Morgan fingerprint density at radius 3 is 2.87 bits per heavy atom. The molecule has 0 spiro atoms. The SMILES string of the molecule is Cc1ccc2nc(NC(=O)c3ccnn3C(C)C(=O)O)sc2c1. The molecule has 0 fully saturated rings. The van der Waals surface area contributed by atoms with Gasteiger partial charge in [0.15, 0.2) is 5.13 Å². The number of amides is 1. The molecule has 2 aromatic heterocycles. The first kappa shape index (κ1) is 15.2. The predicted molar refractivity (Wildman–Crippen MR) is 86.9 cm³/mol. The first-order chi connectivity index (χ1) is 11.0. The number of carboxylic acid groups (broad SMARTS) is 1. The molecule has 0 saturated heterocycles. The molecule has 23 heavy (non-hydrogen) atoms. The van der Waals surface area contributed by atoms with E-state index in [-0.39, 0.29) is 5.69 Å². The number of hydrogen-bond acceptors (Lipinski definition) is 5. The monoisotopic (exact) mass is 330 g/mol. The minimum atomic E-state index is -1.06. The van der Waals surface area contributed by atoms with Crippen molar-refractivity contribution in [2.45, 2.75) is 19.9 Å². The molecule has 1 aromatic carbocycles. The molecular formula is C15H14N4O3S. The molecule has 7 nitrogen and oxygen atoms in total. The van der Waals surface area contributed by atoms with Gasteiger partial charge in [0.2, 0.25) is 0 Å². The van der Waals surface area contributed by atoms with E-state index in [2.05, 4.69) is 15.4 Å². The minimum Gasteiger partial charge on any atom is -0.480 e. The van der Waals surface area contributed by atoms with Crippen molar-refractivity contribution in [2.75, 3.05) is 5.32 Å². The number of nitrogens with one attached hydrogen (secondary N) is 1. The van der Waals surface area contributed by atoms with Crippen LogP contribution in [0.15, 0.2) is 30.5 Å². The number of aromatic nitrogens is 3. The Balaban J connectivity index is 1.86. The number of fused-ring (bicyclic) bond motifs is 1. The lowest BCUT2D eigenvalue weighted by Crippen LogP contribution is -2.24. The maximum Gasteiger partial charge on any atom is 0.328 e. The highest BCUT2D eigenvalue weighted by Gasteiger charge is 2.21. The van der Waals surface area contributed by atoms with Crippen LogP contribution in [0.4, 0.5) is 5.13 Å². The molecule has 118 valence electrons. The number of aryl methyl sites for hydroxylation is 1. The standard InChI is InChI=1S/C15H14N4O3S/c1-8-3-4-10-12(7-8)23-15(17-10)18-13(20)11-5-6-16-19(11)9(2)14(21)22/h3-7,9H,1-2H3,(H,21,22)(H,17,18,20). The predicted octanol–water partition coefficient (Wildman–Crippen LogP) is 2.70. The van der Waals surface area contributed by atoms with Crippen LogP contribution in [-0.2, 0) is 4.79 Å². The molecule has 2 N–H and O–H groups in total. The fourth-order valence-electron chi connectivity index (χ4n) is 2.15. The van der Waals surface area contributed by atoms with E-state index < -0.39 is 17.9 Å². The molecular weight excluding hydrogens is 316 g/mol. The van der Waals surface area contributed by atoms with Gasteiger partial charge in [-0.3, -0.25) is 10.1 Å². The van der Waals surface area contributed by atoms with Crippen molar-refractivity contribution >= 4 is 38.6 Å². The summed E-state index contributed by atoms with van der Waals surface area (Å²) in [7, 11) is 0. The van der Waals surface area contributed by atoms with Gasteiger partial charge in [-0.25, -0.2) is 14.5 Å². The van der Waals surface area contributed by atoms with E-state index in [1.54, 1.807) is 0 Å². The summed E-state index contributed by atoms with van der Waals surface area (Å²) < 4.78 is 2.16. The zero-order valence-corrected chi connectivity index (χ0v) is 13.3. The van der Waals surface area contributed by atoms with Gasteiger partial charge in [-0.05, 0) is 37.6 Å². The van der Waals surface area contributed by atoms with Crippen molar-refractivity contribution in [2.24, 2.45) is 0 Å². The highest BCUT2D eigenvalue weighted by Crippen LogP contribution is 2.27. The summed E-state index contributed by atoms with van der Waals surface area (Å²) >= 11 is 1.37. The molecule has 0 aliphatic heterocycles. The maximum atomic E-state index is 12.4. The molecule has 3 rings (SSSR count). The van der Waals surface area contributed by atoms with Crippen LogP contribution in [0.5, 0.6) is 0 Å². The van der Waals surface area contributed by atoms with Crippen LogP contribution < -0.4 is 5.32 Å². The van der Waals surface area contributed by atoms with Gasteiger partial charge in [0, 0.05) is 6.20 Å². The number of carboxylic acids is 1. The number of rotatable bonds is 4. The number of carbonyl (C=O) groups is 2. The fraction of sp³-hybridized carbons (Fsp3) is 0.200. The minimum absolute atomic E-state index is 0.176. The second-order valence-corrected chi connectivity index (χ2v) is 6.15. The van der Waals surface area contributed by atoms with E-state index in [1.165, 1.54) is 35.2 Å². The van der Waals surface area contributed by atoms with Crippen LogP contribution in [0.2, 0.25) is 0 Å². The first-order valence-corrected chi connectivity index (χ1v) is 7.72. The van der Waals surface area contributed by atoms with Crippen LogP contribution in [0.1, 0.15) is 29.0 Å². The van der Waals surface area contributed by atoms with Crippen molar-refractivity contribution in [3.05, 3.63) is 41.7 Å². The van der Waals surface area contributed by atoms with Crippen LogP contribution in [0, 0.1) is 6.92 Å². The zero-order valence-electron chi connectivity index (χ0n) is 12.5. The van der Waals surface area contributed by atoms with Gasteiger partial charge in [0.1, 0.15) is 11.7 Å². The number of hydrogen-bond donors (Lipinski definition) is 2. The highest BCUT2D eigenvalue weighted by atomic mass is 32.1. The highest BCUT2D eigenvalue weighted by molar-refractivity contribution is 7.22. The van der Waals surface area contributed by atoms with Gasteiger partial charge in [0.25, 0.3) is 5.91 Å². The van der Waals surface area contributed by atoms with Crippen molar-refractivity contribution in [1.29, 1.82) is 0 Å². The molecule has 0 bridgehead atoms. The van der Waals surface area contributed by atoms with E-state index in [0.717, 1.165) is 15.8 Å². The molecule has 8 heteroatoms. The smallest absolute Gasteiger partial charge is 0.328 e. The van der Waals surface area contributed by atoms with Crippen molar-refractivity contribution in [1.82, 2.24) is 14.8 Å². The lowest BCUT2D eigenvalue weighted by molar-refractivity contribution is -0.140. The Labute approximate surface area is 135 Å². The largest absolute Gasteiger partial charge is 0.480 e. The summed E-state index contributed by atoms with van der Waals surface area (Å²) in [6, 6.07) is 6.40. The third kappa shape index (κ3) is 2.93. The van der Waals surface area contributed by atoms with Crippen LogP contribution in [-0.4, -0.2) is 31.7 Å². The lowest BCUT2D eigenvalue weighted by Gasteiger charge is -2.10. The number of carbonyl (C=O) groups excluding carboxylic acids is 1. The average Bonchev–Trinajstić information content (AvgIpc) is 3.11. The summed E-state index contributed by atoms with van der Waals surface area (Å²) in [6.07, 6.45) is 1.40. The molecule has 1 atom stereocenters. The van der Waals surface area contributed by atoms with Gasteiger partial charge in [0.05, 0.1) is 10.2 Å². The summed E-state index contributed by atoms with van der Waals surface area (Å²) in [5.41, 5.74) is 2.10. The first-order valence-electron chi connectivity index (χ1n) is 6.90. The quantitative estimate of drug-likeness (QED) is 0.766. The van der Waals surface area contributed by atoms with Gasteiger partial charge >= 0.3 is 5.97 Å². The Morgan fingerprint density at radius 1 is 1.35 bits per heavy atom. The zero-order chi connectivity index (χ0) is 16.6. The topological polar surface area (TPSA) is 97.1 Å². The van der Waals surface area contributed by atoms with Gasteiger partial charge in [-0.1, -0.05) is 17.4 Å². The van der Waals surface area contributed by atoms with E-state index in [1.807, 2.05) is 25.1 Å². The van der Waals surface area contributed by atoms with Crippen molar-refractivity contribution in [3.8, 4) is 0 Å². The van der Waals surface area contributed by atoms with Crippen LogP contribution in [0.3, 0.4) is 0 Å². The molecule has 0 aliphatic rings. The Hall–Kier alpha value is -2.74. The van der Waals surface area contributed by atoms with Gasteiger partial charge in [-0.15, -0.1) is 0 Å².